The topological polar surface area (TPSA) is 0 Å². The fourth-order valence-electron chi connectivity index (χ4n) is 1.06. The average molecular weight is 184 g/mol. The molecule has 0 bridgehead atoms. The summed E-state index contributed by atoms with van der Waals surface area (Å²) in [6.45, 7) is 0. The molecule has 14 heavy (non-hydrogen) atoms. The van der Waals surface area contributed by atoms with E-state index in [1.807, 2.05) is 36.5 Å². The van der Waals surface area contributed by atoms with Crippen molar-refractivity contribution in [2.45, 2.75) is 12.8 Å². The summed E-state index contributed by atoms with van der Waals surface area (Å²) in [5.74, 6) is 0. The second kappa shape index (κ2) is 8.06. The molecular formula is C14H16. The maximum Gasteiger partial charge on any atom is -0.0313 e. The van der Waals surface area contributed by atoms with E-state index in [9.17, 15) is 0 Å². The van der Waals surface area contributed by atoms with Crippen LogP contribution in [0.1, 0.15) is 12.8 Å². The van der Waals surface area contributed by atoms with Gasteiger partial charge in [-0.1, -0.05) is 72.9 Å². The Morgan fingerprint density at radius 1 is 0.357 bits per heavy atom. The minimum absolute atomic E-state index is 1.11. The Balaban J connectivity index is 2.56. The predicted molar refractivity (Wildman–Crippen MR) is 64.1 cm³/mol. The molecule has 0 spiro atoms. The van der Waals surface area contributed by atoms with Gasteiger partial charge in [-0.05, 0) is 12.8 Å². The summed E-state index contributed by atoms with van der Waals surface area (Å²) >= 11 is 0. The van der Waals surface area contributed by atoms with Crippen molar-refractivity contribution in [1.82, 2.24) is 0 Å². The Bertz CT molecular complexity index is 264. The summed E-state index contributed by atoms with van der Waals surface area (Å²) in [7, 11) is 0. The number of allylic oxidation sites excluding steroid dienone is 12. The van der Waals surface area contributed by atoms with Gasteiger partial charge in [-0.3, -0.25) is 0 Å². The average Bonchev–Trinajstić information content (AvgIpc) is 2.22. The monoisotopic (exact) mass is 184 g/mol. The minimum Gasteiger partial charge on any atom is -0.0842 e. The second-order valence-corrected chi connectivity index (χ2v) is 2.97. The highest BCUT2D eigenvalue weighted by Crippen LogP contribution is 1.94. The Morgan fingerprint density at radius 3 is 1.00 bits per heavy atom. The molecular weight excluding hydrogens is 168 g/mol. The Kier molecular flexibility index (Phi) is 6.05. The normalized spacial score (nSPS) is 17.1. The first-order chi connectivity index (χ1) is 7.00. The van der Waals surface area contributed by atoms with Crippen LogP contribution in [0, 0.1) is 0 Å². The molecule has 0 aromatic carbocycles. The fourth-order valence-corrected chi connectivity index (χ4v) is 1.06. The molecule has 1 aliphatic rings. The van der Waals surface area contributed by atoms with Gasteiger partial charge in [0.1, 0.15) is 0 Å². The molecule has 1 aliphatic carbocycles. The van der Waals surface area contributed by atoms with E-state index in [0.29, 0.717) is 0 Å². The van der Waals surface area contributed by atoms with Crippen LogP contribution in [0.15, 0.2) is 72.9 Å². The third-order valence-electron chi connectivity index (χ3n) is 1.77. The molecule has 0 radical (unpaired) electrons. The molecule has 0 aromatic heterocycles. The number of rotatable bonds is 0. The maximum absolute atomic E-state index is 2.18. The van der Waals surface area contributed by atoms with Gasteiger partial charge in [0.05, 0.1) is 0 Å². The van der Waals surface area contributed by atoms with Gasteiger partial charge in [-0.25, -0.2) is 0 Å². The van der Waals surface area contributed by atoms with Crippen molar-refractivity contribution in [3.8, 4) is 0 Å². The third kappa shape index (κ3) is 6.01. The van der Waals surface area contributed by atoms with Gasteiger partial charge >= 0.3 is 0 Å². The molecule has 0 saturated carbocycles. The van der Waals surface area contributed by atoms with E-state index < -0.39 is 0 Å². The van der Waals surface area contributed by atoms with Crippen LogP contribution in [0.3, 0.4) is 0 Å². The van der Waals surface area contributed by atoms with Crippen LogP contribution >= 0.6 is 0 Å². The molecule has 0 saturated heterocycles. The number of hydrogen-bond acceptors (Lipinski definition) is 0. The van der Waals surface area contributed by atoms with E-state index in [1.54, 1.807) is 0 Å². The smallest absolute Gasteiger partial charge is 0.0313 e. The van der Waals surface area contributed by atoms with E-state index in [1.165, 1.54) is 0 Å². The number of hydrogen-bond donors (Lipinski definition) is 0. The van der Waals surface area contributed by atoms with E-state index in [2.05, 4.69) is 36.5 Å². The van der Waals surface area contributed by atoms with E-state index in [0.717, 1.165) is 12.8 Å². The van der Waals surface area contributed by atoms with Gasteiger partial charge in [-0.15, -0.1) is 0 Å². The van der Waals surface area contributed by atoms with Gasteiger partial charge in [0.25, 0.3) is 0 Å². The summed E-state index contributed by atoms with van der Waals surface area (Å²) in [6, 6.07) is 0. The van der Waals surface area contributed by atoms with Gasteiger partial charge in [0.15, 0.2) is 0 Å². The van der Waals surface area contributed by atoms with E-state index in [-0.39, 0.29) is 0 Å². The van der Waals surface area contributed by atoms with Crippen LogP contribution in [-0.4, -0.2) is 0 Å². The highest BCUT2D eigenvalue weighted by Gasteiger charge is 1.74. The zero-order chi connectivity index (χ0) is 9.90. The summed E-state index contributed by atoms with van der Waals surface area (Å²) < 4.78 is 0. The molecule has 0 heteroatoms. The van der Waals surface area contributed by atoms with Crippen LogP contribution in [0.25, 0.3) is 0 Å². The SMILES string of the molecule is C1=CC=CC=CCCC=CC=CC=C1. The van der Waals surface area contributed by atoms with E-state index >= 15 is 0 Å². The summed E-state index contributed by atoms with van der Waals surface area (Å²) in [5.41, 5.74) is 0. The van der Waals surface area contributed by atoms with Crippen LogP contribution in [0.4, 0.5) is 0 Å². The highest BCUT2D eigenvalue weighted by molar-refractivity contribution is 5.19. The van der Waals surface area contributed by atoms with Crippen molar-refractivity contribution < 1.29 is 0 Å². The molecule has 0 fully saturated rings. The fraction of sp³-hybridized carbons (Fsp3) is 0.143. The molecule has 0 nitrogen and oxygen atoms in total. The third-order valence-corrected chi connectivity index (χ3v) is 1.77. The summed E-state index contributed by atoms with van der Waals surface area (Å²) in [5, 5.41) is 0. The zero-order valence-electron chi connectivity index (χ0n) is 8.34. The van der Waals surface area contributed by atoms with Crippen molar-refractivity contribution in [3.63, 3.8) is 0 Å². The second-order valence-electron chi connectivity index (χ2n) is 2.97. The molecule has 0 N–H and O–H groups in total. The minimum atomic E-state index is 1.11. The Labute approximate surface area is 86.3 Å². The molecule has 0 heterocycles. The van der Waals surface area contributed by atoms with Crippen molar-refractivity contribution in [1.29, 1.82) is 0 Å². The van der Waals surface area contributed by atoms with Crippen molar-refractivity contribution >= 4 is 0 Å². The van der Waals surface area contributed by atoms with Gasteiger partial charge in [0.2, 0.25) is 0 Å². The summed E-state index contributed by atoms with van der Waals surface area (Å²) in [6.07, 6.45) is 27.0. The molecule has 0 aliphatic heterocycles. The molecule has 0 aromatic rings. The van der Waals surface area contributed by atoms with Gasteiger partial charge in [-0.2, -0.15) is 0 Å². The Hall–Kier alpha value is -1.56. The maximum atomic E-state index is 2.18. The first-order valence-corrected chi connectivity index (χ1v) is 4.98. The lowest BCUT2D eigenvalue weighted by Crippen LogP contribution is -1.63. The molecule has 0 amide bonds. The molecule has 72 valence electrons. The van der Waals surface area contributed by atoms with Crippen molar-refractivity contribution in [2.75, 3.05) is 0 Å². The first-order valence-electron chi connectivity index (χ1n) is 4.98. The van der Waals surface area contributed by atoms with Crippen molar-refractivity contribution in [3.05, 3.63) is 72.9 Å². The van der Waals surface area contributed by atoms with E-state index in [4.69, 9.17) is 0 Å². The standard InChI is InChI=1S/C14H16/c1-2-4-6-8-10-12-14-13-11-9-7-5-3-1/h1-12H,13-14H2. The van der Waals surface area contributed by atoms with Gasteiger partial charge < -0.3 is 0 Å². The molecule has 1 rings (SSSR count). The highest BCUT2D eigenvalue weighted by atomic mass is 13.8. The lowest BCUT2D eigenvalue weighted by Gasteiger charge is -1.84. The Morgan fingerprint density at radius 2 is 0.643 bits per heavy atom. The quantitative estimate of drug-likeness (QED) is 0.531. The first kappa shape index (κ1) is 10.5. The lowest BCUT2D eigenvalue weighted by molar-refractivity contribution is 1.05. The molecule has 0 unspecified atom stereocenters. The van der Waals surface area contributed by atoms with Gasteiger partial charge in [0, 0.05) is 0 Å². The van der Waals surface area contributed by atoms with Crippen LogP contribution in [0.2, 0.25) is 0 Å². The molecule has 0 atom stereocenters. The zero-order valence-corrected chi connectivity index (χ0v) is 8.34. The predicted octanol–water partition coefficient (Wildman–Crippen LogP) is 4.12. The lowest BCUT2D eigenvalue weighted by atomic mass is 10.2. The van der Waals surface area contributed by atoms with Crippen LogP contribution in [-0.2, 0) is 0 Å². The van der Waals surface area contributed by atoms with Crippen LogP contribution < -0.4 is 0 Å². The van der Waals surface area contributed by atoms with Crippen LogP contribution in [0.5, 0.6) is 0 Å². The summed E-state index contributed by atoms with van der Waals surface area (Å²) in [4.78, 5) is 0. The largest absolute Gasteiger partial charge is 0.0842 e. The van der Waals surface area contributed by atoms with Crippen molar-refractivity contribution in [2.24, 2.45) is 0 Å².